The quantitative estimate of drug-likeness (QED) is 0.764. The molecule has 4 heterocycles. The van der Waals surface area contributed by atoms with Gasteiger partial charge in [-0.1, -0.05) is 0 Å². The van der Waals surface area contributed by atoms with Crippen molar-refractivity contribution in [2.75, 3.05) is 29.4 Å². The van der Waals surface area contributed by atoms with Crippen LogP contribution in [0, 0.1) is 19.3 Å². The summed E-state index contributed by atoms with van der Waals surface area (Å²) in [5, 5.41) is 0. The molecule has 2 aromatic rings. The van der Waals surface area contributed by atoms with Gasteiger partial charge in [0, 0.05) is 50.3 Å². The summed E-state index contributed by atoms with van der Waals surface area (Å²) in [7, 11) is 1.70. The Bertz CT molecular complexity index is 918. The zero-order chi connectivity index (χ0) is 18.5. The standard InChI is InChI=1S/C19H23N5O2/c1-13-9-14(2)21-18(20-13)23-8-4-7-19(11-23)12-24(17(19)26)15-5-6-16(25)22(3)10-15/h5-6,9-10H,4,7-8,11-12H2,1-3H3. The van der Waals surface area contributed by atoms with E-state index in [0.29, 0.717) is 13.1 Å². The molecule has 2 saturated heterocycles. The Kier molecular flexibility index (Phi) is 3.82. The van der Waals surface area contributed by atoms with Crippen LogP contribution in [0.3, 0.4) is 0 Å². The third-order valence-corrected chi connectivity index (χ3v) is 5.37. The second-order valence-corrected chi connectivity index (χ2v) is 7.48. The third-order valence-electron chi connectivity index (χ3n) is 5.37. The van der Waals surface area contributed by atoms with Crippen LogP contribution >= 0.6 is 0 Å². The minimum Gasteiger partial charge on any atom is -0.340 e. The molecule has 0 bridgehead atoms. The number of hydrogen-bond donors (Lipinski definition) is 0. The van der Waals surface area contributed by atoms with E-state index in [0.717, 1.165) is 42.4 Å². The smallest absolute Gasteiger partial charge is 0.250 e. The summed E-state index contributed by atoms with van der Waals surface area (Å²) in [6, 6.07) is 5.18. The lowest BCUT2D eigenvalue weighted by Crippen LogP contribution is -2.67. The summed E-state index contributed by atoms with van der Waals surface area (Å²) < 4.78 is 1.50. The van der Waals surface area contributed by atoms with Crippen molar-refractivity contribution in [1.82, 2.24) is 14.5 Å². The number of anilines is 2. The number of hydrogen-bond acceptors (Lipinski definition) is 5. The summed E-state index contributed by atoms with van der Waals surface area (Å²) in [6.45, 7) is 6.13. The molecule has 1 amide bonds. The van der Waals surface area contributed by atoms with Gasteiger partial charge in [-0.2, -0.15) is 0 Å². The molecule has 4 rings (SSSR count). The molecule has 2 aliphatic heterocycles. The lowest BCUT2D eigenvalue weighted by atomic mass is 9.72. The molecule has 1 atom stereocenters. The van der Waals surface area contributed by atoms with Gasteiger partial charge in [-0.05, 0) is 38.8 Å². The first-order valence-electron chi connectivity index (χ1n) is 8.94. The number of aryl methyl sites for hydroxylation is 3. The van der Waals surface area contributed by atoms with Gasteiger partial charge in [-0.3, -0.25) is 9.59 Å². The van der Waals surface area contributed by atoms with Crippen LogP contribution in [-0.4, -0.2) is 40.1 Å². The summed E-state index contributed by atoms with van der Waals surface area (Å²) in [5.41, 5.74) is 2.22. The molecule has 7 nitrogen and oxygen atoms in total. The predicted molar refractivity (Wildman–Crippen MR) is 99.4 cm³/mol. The van der Waals surface area contributed by atoms with Crippen LogP contribution in [0.25, 0.3) is 0 Å². The van der Waals surface area contributed by atoms with Crippen molar-refractivity contribution < 1.29 is 4.79 Å². The summed E-state index contributed by atoms with van der Waals surface area (Å²) in [6.07, 6.45) is 3.55. The van der Waals surface area contributed by atoms with Crippen LogP contribution in [0.15, 0.2) is 29.2 Å². The number of carbonyl (C=O) groups excluding carboxylic acids is 1. The van der Waals surface area contributed by atoms with E-state index in [2.05, 4.69) is 14.9 Å². The summed E-state index contributed by atoms with van der Waals surface area (Å²) in [4.78, 5) is 37.6. The normalized spacial score (nSPS) is 22.7. The van der Waals surface area contributed by atoms with Crippen molar-refractivity contribution in [2.24, 2.45) is 12.5 Å². The van der Waals surface area contributed by atoms with Gasteiger partial charge in [0.2, 0.25) is 17.4 Å². The lowest BCUT2D eigenvalue weighted by molar-refractivity contribution is -0.135. The Morgan fingerprint density at radius 1 is 1.08 bits per heavy atom. The highest BCUT2D eigenvalue weighted by Crippen LogP contribution is 2.43. The monoisotopic (exact) mass is 353 g/mol. The Morgan fingerprint density at radius 2 is 1.81 bits per heavy atom. The molecule has 0 aromatic carbocycles. The molecular weight excluding hydrogens is 330 g/mol. The average Bonchev–Trinajstić information content (AvgIpc) is 2.61. The van der Waals surface area contributed by atoms with Gasteiger partial charge in [0.25, 0.3) is 0 Å². The van der Waals surface area contributed by atoms with Crippen LogP contribution in [0.5, 0.6) is 0 Å². The van der Waals surface area contributed by atoms with Crippen molar-refractivity contribution in [2.45, 2.75) is 26.7 Å². The molecule has 2 aromatic heterocycles. The molecule has 26 heavy (non-hydrogen) atoms. The van der Waals surface area contributed by atoms with Gasteiger partial charge in [-0.25, -0.2) is 9.97 Å². The maximum absolute atomic E-state index is 13.0. The van der Waals surface area contributed by atoms with Crippen LogP contribution in [0.1, 0.15) is 24.2 Å². The molecule has 1 spiro atoms. The highest BCUT2D eigenvalue weighted by Gasteiger charge is 2.54. The third kappa shape index (κ3) is 2.67. The molecule has 0 radical (unpaired) electrons. The Morgan fingerprint density at radius 3 is 2.46 bits per heavy atom. The van der Waals surface area contributed by atoms with Crippen molar-refractivity contribution in [3.05, 3.63) is 46.1 Å². The highest BCUT2D eigenvalue weighted by molar-refractivity contribution is 6.04. The SMILES string of the molecule is Cc1cc(C)nc(N2CCCC3(C2)CN(c2ccc(=O)n(C)c2)C3=O)n1. The predicted octanol–water partition coefficient (Wildman–Crippen LogP) is 1.43. The Hall–Kier alpha value is -2.70. The molecular formula is C19H23N5O2. The topological polar surface area (TPSA) is 71.3 Å². The molecule has 2 fully saturated rings. The number of pyridine rings is 1. The second-order valence-electron chi connectivity index (χ2n) is 7.48. The number of aromatic nitrogens is 3. The Balaban J connectivity index is 1.55. The first-order valence-corrected chi connectivity index (χ1v) is 8.94. The van der Waals surface area contributed by atoms with E-state index in [1.165, 1.54) is 10.6 Å². The zero-order valence-electron chi connectivity index (χ0n) is 15.4. The Labute approximate surface area is 152 Å². The second kappa shape index (κ2) is 5.93. The zero-order valence-corrected chi connectivity index (χ0v) is 15.4. The van der Waals surface area contributed by atoms with Gasteiger partial charge in [0.15, 0.2) is 0 Å². The maximum atomic E-state index is 13.0. The van der Waals surface area contributed by atoms with E-state index >= 15 is 0 Å². The van der Waals surface area contributed by atoms with Gasteiger partial charge in [-0.15, -0.1) is 0 Å². The number of rotatable bonds is 2. The number of piperidine rings is 1. The minimum absolute atomic E-state index is 0.0766. The summed E-state index contributed by atoms with van der Waals surface area (Å²) >= 11 is 0. The number of carbonyl (C=O) groups is 1. The fourth-order valence-electron chi connectivity index (χ4n) is 4.04. The van der Waals surface area contributed by atoms with E-state index in [9.17, 15) is 9.59 Å². The number of β-lactam (4-membered cyclic amide) rings is 1. The van der Waals surface area contributed by atoms with Gasteiger partial charge >= 0.3 is 0 Å². The van der Waals surface area contributed by atoms with Gasteiger partial charge in [0.1, 0.15) is 0 Å². The molecule has 2 aliphatic rings. The van der Waals surface area contributed by atoms with E-state index in [4.69, 9.17) is 0 Å². The molecule has 7 heteroatoms. The average molecular weight is 353 g/mol. The largest absolute Gasteiger partial charge is 0.340 e. The van der Waals surface area contributed by atoms with Crippen molar-refractivity contribution in [3.63, 3.8) is 0 Å². The minimum atomic E-state index is -0.367. The summed E-state index contributed by atoms with van der Waals surface area (Å²) in [5.74, 6) is 0.847. The molecule has 1 unspecified atom stereocenters. The molecule has 0 saturated carbocycles. The van der Waals surface area contributed by atoms with Gasteiger partial charge in [0.05, 0.1) is 11.1 Å². The highest BCUT2D eigenvalue weighted by atomic mass is 16.2. The van der Waals surface area contributed by atoms with E-state index in [1.807, 2.05) is 19.9 Å². The fourth-order valence-corrected chi connectivity index (χ4v) is 4.04. The first-order chi connectivity index (χ1) is 12.4. The number of amides is 1. The van der Waals surface area contributed by atoms with Crippen LogP contribution in [-0.2, 0) is 11.8 Å². The lowest BCUT2D eigenvalue weighted by Gasteiger charge is -2.53. The van der Waals surface area contributed by atoms with Crippen molar-refractivity contribution >= 4 is 17.5 Å². The van der Waals surface area contributed by atoms with E-state index in [1.54, 1.807) is 24.2 Å². The van der Waals surface area contributed by atoms with Crippen molar-refractivity contribution in [1.29, 1.82) is 0 Å². The molecule has 0 N–H and O–H groups in total. The van der Waals surface area contributed by atoms with Crippen LogP contribution < -0.4 is 15.4 Å². The van der Waals surface area contributed by atoms with Crippen molar-refractivity contribution in [3.8, 4) is 0 Å². The molecule has 136 valence electrons. The van der Waals surface area contributed by atoms with E-state index < -0.39 is 0 Å². The van der Waals surface area contributed by atoms with Crippen LogP contribution in [0.2, 0.25) is 0 Å². The fraction of sp³-hybridized carbons (Fsp3) is 0.474. The van der Waals surface area contributed by atoms with Crippen LogP contribution in [0.4, 0.5) is 11.6 Å². The first kappa shape index (κ1) is 16.8. The van der Waals surface area contributed by atoms with E-state index in [-0.39, 0.29) is 16.9 Å². The maximum Gasteiger partial charge on any atom is 0.250 e. The molecule has 0 aliphatic carbocycles. The number of nitrogens with zero attached hydrogens (tertiary/aromatic N) is 5. The van der Waals surface area contributed by atoms with Gasteiger partial charge < -0.3 is 14.4 Å².